The molecule has 2 rings (SSSR count). The van der Waals surface area contributed by atoms with Crippen molar-refractivity contribution >= 4 is 23.1 Å². The second-order valence-corrected chi connectivity index (χ2v) is 3.81. The molecular formula is C13H11N5O. The highest BCUT2D eigenvalue weighted by molar-refractivity contribution is 5.99. The summed E-state index contributed by atoms with van der Waals surface area (Å²) in [5.41, 5.74) is 12.3. The lowest BCUT2D eigenvalue weighted by Gasteiger charge is -2.10. The monoisotopic (exact) mass is 253 g/mol. The van der Waals surface area contributed by atoms with Crippen LogP contribution in [-0.2, 0) is 0 Å². The molecule has 5 N–H and O–H groups in total. The Balaban J connectivity index is 2.44. The van der Waals surface area contributed by atoms with Gasteiger partial charge in [-0.15, -0.1) is 0 Å². The van der Waals surface area contributed by atoms with Crippen LogP contribution in [0.3, 0.4) is 0 Å². The third-order valence-electron chi connectivity index (χ3n) is 2.47. The number of hydrogen-bond acceptors (Lipinski definition) is 5. The van der Waals surface area contributed by atoms with Crippen LogP contribution in [0.1, 0.15) is 15.9 Å². The first-order valence-electron chi connectivity index (χ1n) is 5.43. The van der Waals surface area contributed by atoms with Crippen molar-refractivity contribution in [3.63, 3.8) is 0 Å². The lowest BCUT2D eigenvalue weighted by molar-refractivity contribution is 0.100. The maximum absolute atomic E-state index is 11.3. The lowest BCUT2D eigenvalue weighted by atomic mass is 10.1. The number of nitrogens with zero attached hydrogens (tertiary/aromatic N) is 2. The zero-order valence-electron chi connectivity index (χ0n) is 9.92. The summed E-state index contributed by atoms with van der Waals surface area (Å²) < 4.78 is 0. The van der Waals surface area contributed by atoms with E-state index < -0.39 is 5.91 Å². The summed E-state index contributed by atoms with van der Waals surface area (Å²) in [5, 5.41) is 11.9. The van der Waals surface area contributed by atoms with E-state index >= 15 is 0 Å². The first-order valence-corrected chi connectivity index (χ1v) is 5.43. The molecule has 6 heteroatoms. The summed E-state index contributed by atoms with van der Waals surface area (Å²) in [6.45, 7) is 0. The number of carbonyl (C=O) groups is 1. The molecule has 0 bridgehead atoms. The third kappa shape index (κ3) is 2.61. The van der Waals surface area contributed by atoms with E-state index in [1.165, 1.54) is 12.3 Å². The molecule has 0 saturated heterocycles. The second-order valence-electron chi connectivity index (χ2n) is 3.81. The van der Waals surface area contributed by atoms with Gasteiger partial charge in [0.25, 0.3) is 5.91 Å². The van der Waals surface area contributed by atoms with Crippen LogP contribution >= 0.6 is 0 Å². The maximum atomic E-state index is 11.3. The number of aromatic nitrogens is 1. The van der Waals surface area contributed by atoms with Crippen LogP contribution in [0.15, 0.2) is 36.5 Å². The van der Waals surface area contributed by atoms with Gasteiger partial charge in [-0.05, 0) is 18.2 Å². The highest BCUT2D eigenvalue weighted by Crippen LogP contribution is 2.22. The highest BCUT2D eigenvalue weighted by atomic mass is 16.1. The predicted molar refractivity (Wildman–Crippen MR) is 71.6 cm³/mol. The van der Waals surface area contributed by atoms with Gasteiger partial charge in [0.1, 0.15) is 11.9 Å². The van der Waals surface area contributed by atoms with Crippen LogP contribution < -0.4 is 16.8 Å². The Morgan fingerprint density at radius 2 is 2.11 bits per heavy atom. The summed E-state index contributed by atoms with van der Waals surface area (Å²) in [5.74, 6) is -0.374. The summed E-state index contributed by atoms with van der Waals surface area (Å²) in [7, 11) is 0. The fourth-order valence-electron chi connectivity index (χ4n) is 1.59. The molecule has 1 aromatic carbocycles. The number of pyridine rings is 1. The van der Waals surface area contributed by atoms with E-state index in [-0.39, 0.29) is 11.4 Å². The normalized spacial score (nSPS) is 9.63. The molecule has 0 aliphatic heterocycles. The number of amides is 1. The highest BCUT2D eigenvalue weighted by Gasteiger charge is 2.11. The predicted octanol–water partition coefficient (Wildman–Crippen LogP) is 1.38. The Morgan fingerprint density at radius 1 is 1.37 bits per heavy atom. The van der Waals surface area contributed by atoms with E-state index in [0.717, 1.165) is 0 Å². The number of benzene rings is 1. The van der Waals surface area contributed by atoms with Crippen LogP contribution in [0.25, 0.3) is 0 Å². The number of nitriles is 1. The smallest absolute Gasteiger partial charge is 0.252 e. The number of nitrogens with one attached hydrogen (secondary N) is 1. The minimum Gasteiger partial charge on any atom is -0.397 e. The van der Waals surface area contributed by atoms with Crippen molar-refractivity contribution < 1.29 is 4.79 Å². The molecular weight excluding hydrogens is 242 g/mol. The SMILES string of the molecule is N#Cc1ccccc1Nc1ncc(N)cc1C(N)=O. The van der Waals surface area contributed by atoms with Gasteiger partial charge in [-0.1, -0.05) is 12.1 Å². The van der Waals surface area contributed by atoms with Crippen molar-refractivity contribution in [1.29, 1.82) is 5.26 Å². The molecule has 1 aromatic heterocycles. The number of nitrogens with two attached hydrogens (primary N) is 2. The fraction of sp³-hybridized carbons (Fsp3) is 0. The molecule has 0 atom stereocenters. The largest absolute Gasteiger partial charge is 0.397 e. The number of nitrogen functional groups attached to an aromatic ring is 1. The number of rotatable bonds is 3. The topological polar surface area (TPSA) is 118 Å². The molecule has 0 radical (unpaired) electrons. The average molecular weight is 253 g/mol. The van der Waals surface area contributed by atoms with Gasteiger partial charge in [0.05, 0.1) is 28.7 Å². The fourth-order valence-corrected chi connectivity index (χ4v) is 1.59. The minimum atomic E-state index is -0.642. The van der Waals surface area contributed by atoms with Crippen molar-refractivity contribution in [2.45, 2.75) is 0 Å². The Bertz CT molecular complexity index is 675. The van der Waals surface area contributed by atoms with Crippen LogP contribution in [0.4, 0.5) is 17.2 Å². The van der Waals surface area contributed by atoms with Crippen molar-refractivity contribution in [1.82, 2.24) is 4.98 Å². The minimum absolute atomic E-state index is 0.174. The second kappa shape index (κ2) is 5.06. The first kappa shape index (κ1) is 12.4. The maximum Gasteiger partial charge on any atom is 0.252 e. The molecule has 0 spiro atoms. The van der Waals surface area contributed by atoms with E-state index in [1.807, 2.05) is 6.07 Å². The molecule has 19 heavy (non-hydrogen) atoms. The summed E-state index contributed by atoms with van der Waals surface area (Å²) in [6.07, 6.45) is 1.41. The summed E-state index contributed by atoms with van der Waals surface area (Å²) >= 11 is 0. The third-order valence-corrected chi connectivity index (χ3v) is 2.47. The van der Waals surface area contributed by atoms with Crippen LogP contribution in [0, 0.1) is 11.3 Å². The number of para-hydroxylation sites is 1. The molecule has 6 nitrogen and oxygen atoms in total. The van der Waals surface area contributed by atoms with Gasteiger partial charge in [-0.25, -0.2) is 4.98 Å². The van der Waals surface area contributed by atoms with E-state index in [9.17, 15) is 4.79 Å². The van der Waals surface area contributed by atoms with Crippen LogP contribution in [0.5, 0.6) is 0 Å². The van der Waals surface area contributed by atoms with Crippen molar-refractivity contribution in [3.05, 3.63) is 47.7 Å². The molecule has 1 heterocycles. The van der Waals surface area contributed by atoms with Gasteiger partial charge in [0.15, 0.2) is 0 Å². The summed E-state index contributed by atoms with van der Waals surface area (Å²) in [6, 6.07) is 10.4. The molecule has 0 saturated carbocycles. The molecule has 1 amide bonds. The van der Waals surface area contributed by atoms with Crippen molar-refractivity contribution in [3.8, 4) is 6.07 Å². The molecule has 0 aliphatic rings. The van der Waals surface area contributed by atoms with Gasteiger partial charge < -0.3 is 16.8 Å². The molecule has 0 unspecified atom stereocenters. The van der Waals surface area contributed by atoms with Crippen molar-refractivity contribution in [2.75, 3.05) is 11.1 Å². The average Bonchev–Trinajstić information content (AvgIpc) is 2.41. The van der Waals surface area contributed by atoms with Crippen molar-refractivity contribution in [2.24, 2.45) is 5.73 Å². The number of primary amides is 1. The van der Waals surface area contributed by atoms with Crippen LogP contribution in [-0.4, -0.2) is 10.9 Å². The van der Waals surface area contributed by atoms with E-state index in [2.05, 4.69) is 10.3 Å². The summed E-state index contributed by atoms with van der Waals surface area (Å²) in [4.78, 5) is 15.4. The lowest BCUT2D eigenvalue weighted by Crippen LogP contribution is -2.15. The first-order chi connectivity index (χ1) is 9.11. The molecule has 0 aliphatic carbocycles. The van der Waals surface area contributed by atoms with E-state index in [1.54, 1.807) is 24.3 Å². The number of carbonyl (C=O) groups excluding carboxylic acids is 1. The quantitative estimate of drug-likeness (QED) is 0.763. The zero-order chi connectivity index (χ0) is 13.8. The van der Waals surface area contributed by atoms with Gasteiger partial charge in [-0.2, -0.15) is 5.26 Å². The van der Waals surface area contributed by atoms with Gasteiger partial charge in [0, 0.05) is 0 Å². The Morgan fingerprint density at radius 3 is 2.79 bits per heavy atom. The standard InChI is InChI=1S/C13H11N5O/c14-6-8-3-1-2-4-11(8)18-13-10(12(16)19)5-9(15)7-17-13/h1-5,7H,15H2,(H2,16,19)(H,17,18). The van der Waals surface area contributed by atoms with Gasteiger partial charge in [-0.3, -0.25) is 4.79 Å². The zero-order valence-corrected chi connectivity index (χ0v) is 9.92. The molecule has 2 aromatic rings. The van der Waals surface area contributed by atoms with Gasteiger partial charge >= 0.3 is 0 Å². The van der Waals surface area contributed by atoms with E-state index in [4.69, 9.17) is 16.7 Å². The number of anilines is 3. The Labute approximate surface area is 109 Å². The van der Waals surface area contributed by atoms with Gasteiger partial charge in [0.2, 0.25) is 0 Å². The Kier molecular flexibility index (Phi) is 3.30. The Hall–Kier alpha value is -3.07. The number of hydrogen-bond donors (Lipinski definition) is 3. The van der Waals surface area contributed by atoms with Crippen LogP contribution in [0.2, 0.25) is 0 Å². The van der Waals surface area contributed by atoms with E-state index in [0.29, 0.717) is 16.9 Å². The molecule has 94 valence electrons. The molecule has 0 fully saturated rings.